The first-order valence-electron chi connectivity index (χ1n) is 15.0. The van der Waals surface area contributed by atoms with Gasteiger partial charge in [0.05, 0.1) is 17.7 Å². The van der Waals surface area contributed by atoms with Crippen LogP contribution in [0.2, 0.25) is 0 Å². The molecule has 1 aliphatic carbocycles. The SMILES string of the molecule is COc1ccccc1N1CCN(C(=O)c2ccc(/C=C3/SC4CCCCC4N(Cc4ccccc4C)C3=O)cc2)CC1. The lowest BCUT2D eigenvalue weighted by molar-refractivity contribution is -0.130. The Bertz CT molecular complexity index is 1460. The molecule has 42 heavy (non-hydrogen) atoms. The average molecular weight is 582 g/mol. The Balaban J connectivity index is 1.14. The third-order valence-corrected chi connectivity index (χ3v) is 10.3. The molecule has 3 aromatic carbocycles. The van der Waals surface area contributed by atoms with E-state index in [2.05, 4.69) is 47.1 Å². The Hall–Kier alpha value is -3.71. The maximum Gasteiger partial charge on any atom is 0.260 e. The molecule has 0 radical (unpaired) electrons. The number of para-hydroxylation sites is 2. The molecule has 2 amide bonds. The Morgan fingerprint density at radius 3 is 2.40 bits per heavy atom. The standard InChI is InChI=1S/C35H39N3O3S/c1-25-9-3-4-10-28(25)24-38-30-12-6-8-14-32(30)42-33(35(38)40)23-26-15-17-27(18-16-26)34(39)37-21-19-36(20-22-37)29-11-5-7-13-31(29)41-2/h3-5,7,9-11,13,15-18,23,30,32H,6,8,12,14,19-22,24H2,1-2H3/b33-23+. The van der Waals surface area contributed by atoms with E-state index in [0.29, 0.717) is 30.4 Å². The van der Waals surface area contributed by atoms with Gasteiger partial charge in [0, 0.05) is 49.6 Å². The number of piperazine rings is 1. The van der Waals surface area contributed by atoms with Crippen LogP contribution in [0.1, 0.15) is 52.7 Å². The van der Waals surface area contributed by atoms with E-state index in [1.54, 1.807) is 18.9 Å². The fourth-order valence-electron chi connectivity index (χ4n) is 6.43. The number of carbonyl (C=O) groups excluding carboxylic acids is 2. The zero-order chi connectivity index (χ0) is 29.1. The molecule has 2 atom stereocenters. The van der Waals surface area contributed by atoms with Gasteiger partial charge in [-0.3, -0.25) is 9.59 Å². The molecule has 6 rings (SSSR count). The molecule has 0 spiro atoms. The zero-order valence-corrected chi connectivity index (χ0v) is 25.3. The van der Waals surface area contributed by atoms with Gasteiger partial charge in [-0.25, -0.2) is 0 Å². The number of anilines is 1. The highest BCUT2D eigenvalue weighted by Crippen LogP contribution is 2.43. The minimum absolute atomic E-state index is 0.0476. The Kier molecular flexibility index (Phi) is 8.56. The van der Waals surface area contributed by atoms with E-state index in [0.717, 1.165) is 47.8 Å². The second kappa shape index (κ2) is 12.7. The van der Waals surface area contributed by atoms with Crippen LogP contribution < -0.4 is 9.64 Å². The fourth-order valence-corrected chi connectivity index (χ4v) is 7.90. The number of hydrogen-bond donors (Lipinski definition) is 0. The maximum atomic E-state index is 13.8. The molecule has 7 heteroatoms. The zero-order valence-electron chi connectivity index (χ0n) is 24.5. The molecular formula is C35H39N3O3S. The molecule has 0 bridgehead atoms. The van der Waals surface area contributed by atoms with Gasteiger partial charge < -0.3 is 19.4 Å². The van der Waals surface area contributed by atoms with Gasteiger partial charge in [-0.1, -0.05) is 61.4 Å². The molecule has 3 fully saturated rings. The van der Waals surface area contributed by atoms with Crippen molar-refractivity contribution in [3.63, 3.8) is 0 Å². The minimum atomic E-state index is 0.0476. The molecule has 2 heterocycles. The summed E-state index contributed by atoms with van der Waals surface area (Å²) in [4.78, 5) is 34.3. The Labute approximate surface area is 253 Å². The summed E-state index contributed by atoms with van der Waals surface area (Å²) in [6.45, 7) is 5.62. The predicted molar refractivity (Wildman–Crippen MR) is 171 cm³/mol. The van der Waals surface area contributed by atoms with Gasteiger partial charge >= 0.3 is 0 Å². The molecular weight excluding hydrogens is 542 g/mol. The lowest BCUT2D eigenvalue weighted by Crippen LogP contribution is -2.50. The first-order valence-corrected chi connectivity index (χ1v) is 15.9. The van der Waals surface area contributed by atoms with Crippen LogP contribution in [0.4, 0.5) is 5.69 Å². The second-order valence-electron chi connectivity index (χ2n) is 11.4. The van der Waals surface area contributed by atoms with Crippen molar-refractivity contribution >= 4 is 35.3 Å². The van der Waals surface area contributed by atoms with Crippen LogP contribution in [-0.4, -0.2) is 66.2 Å². The smallest absolute Gasteiger partial charge is 0.260 e. The highest BCUT2D eigenvalue weighted by molar-refractivity contribution is 8.04. The number of amides is 2. The van der Waals surface area contributed by atoms with Gasteiger partial charge in [0.2, 0.25) is 0 Å². The fraction of sp³-hybridized carbons (Fsp3) is 0.371. The van der Waals surface area contributed by atoms with Crippen molar-refractivity contribution in [2.45, 2.75) is 50.4 Å². The van der Waals surface area contributed by atoms with Crippen molar-refractivity contribution < 1.29 is 14.3 Å². The van der Waals surface area contributed by atoms with Crippen LogP contribution in [-0.2, 0) is 11.3 Å². The van der Waals surface area contributed by atoms with E-state index in [9.17, 15) is 9.59 Å². The predicted octanol–water partition coefficient (Wildman–Crippen LogP) is 6.39. The molecule has 2 aliphatic heterocycles. The van der Waals surface area contributed by atoms with Gasteiger partial charge in [-0.15, -0.1) is 11.8 Å². The largest absolute Gasteiger partial charge is 0.495 e. The number of nitrogens with zero attached hydrogens (tertiary/aromatic N) is 3. The molecule has 218 valence electrons. The molecule has 6 nitrogen and oxygen atoms in total. The maximum absolute atomic E-state index is 13.8. The number of carbonyl (C=O) groups is 2. The summed E-state index contributed by atoms with van der Waals surface area (Å²) >= 11 is 1.75. The number of thioether (sulfide) groups is 1. The van der Waals surface area contributed by atoms with Crippen molar-refractivity contribution in [2.75, 3.05) is 38.2 Å². The summed E-state index contributed by atoms with van der Waals surface area (Å²) in [5.74, 6) is 1.03. The summed E-state index contributed by atoms with van der Waals surface area (Å²) in [5, 5.41) is 0.432. The number of aryl methyl sites for hydroxylation is 1. The number of ether oxygens (including phenoxy) is 1. The van der Waals surface area contributed by atoms with Crippen molar-refractivity contribution in [1.29, 1.82) is 0 Å². The first-order chi connectivity index (χ1) is 20.5. The molecule has 3 aromatic rings. The third-order valence-electron chi connectivity index (χ3n) is 8.87. The van der Waals surface area contributed by atoms with Crippen LogP contribution in [0.15, 0.2) is 77.7 Å². The number of benzene rings is 3. The van der Waals surface area contributed by atoms with Crippen molar-refractivity contribution in [3.05, 3.63) is 100.0 Å². The summed E-state index contributed by atoms with van der Waals surface area (Å²) in [7, 11) is 1.69. The summed E-state index contributed by atoms with van der Waals surface area (Å²) < 4.78 is 5.53. The molecule has 0 aromatic heterocycles. The van der Waals surface area contributed by atoms with Crippen LogP contribution >= 0.6 is 11.8 Å². The Morgan fingerprint density at radius 1 is 0.929 bits per heavy atom. The summed E-state index contributed by atoms with van der Waals surface area (Å²) in [5.41, 5.74) is 5.14. The summed E-state index contributed by atoms with van der Waals surface area (Å²) in [6, 6.07) is 24.4. The van der Waals surface area contributed by atoms with Gasteiger partial charge in [-0.2, -0.15) is 0 Å². The molecule has 3 aliphatic rings. The van der Waals surface area contributed by atoms with E-state index < -0.39 is 0 Å². The van der Waals surface area contributed by atoms with E-state index in [1.807, 2.05) is 53.4 Å². The molecule has 1 saturated carbocycles. The van der Waals surface area contributed by atoms with E-state index in [-0.39, 0.29) is 17.9 Å². The van der Waals surface area contributed by atoms with Crippen LogP contribution in [0.5, 0.6) is 5.75 Å². The molecule has 2 saturated heterocycles. The summed E-state index contributed by atoms with van der Waals surface area (Å²) in [6.07, 6.45) is 6.64. The van der Waals surface area contributed by atoms with Gasteiger partial charge in [0.15, 0.2) is 0 Å². The first kappa shape index (κ1) is 28.4. The third kappa shape index (κ3) is 5.93. The lowest BCUT2D eigenvalue weighted by Gasteiger charge is -2.44. The number of fused-ring (bicyclic) bond motifs is 1. The monoisotopic (exact) mass is 581 g/mol. The Morgan fingerprint density at radius 2 is 1.64 bits per heavy atom. The van der Waals surface area contributed by atoms with Gasteiger partial charge in [0.1, 0.15) is 5.75 Å². The highest BCUT2D eigenvalue weighted by atomic mass is 32.2. The van der Waals surface area contributed by atoms with Gasteiger partial charge in [-0.05, 0) is 66.8 Å². The highest BCUT2D eigenvalue weighted by Gasteiger charge is 2.40. The number of rotatable bonds is 6. The van der Waals surface area contributed by atoms with Crippen LogP contribution in [0, 0.1) is 6.92 Å². The molecule has 0 N–H and O–H groups in total. The molecule has 2 unspecified atom stereocenters. The second-order valence-corrected chi connectivity index (χ2v) is 12.7. The lowest BCUT2D eigenvalue weighted by atomic mass is 9.92. The quantitative estimate of drug-likeness (QED) is 0.316. The van der Waals surface area contributed by atoms with Crippen molar-refractivity contribution in [1.82, 2.24) is 9.80 Å². The van der Waals surface area contributed by atoms with Crippen molar-refractivity contribution in [3.8, 4) is 5.75 Å². The van der Waals surface area contributed by atoms with Crippen LogP contribution in [0.3, 0.4) is 0 Å². The van der Waals surface area contributed by atoms with Crippen molar-refractivity contribution in [2.24, 2.45) is 0 Å². The van der Waals surface area contributed by atoms with E-state index in [4.69, 9.17) is 4.74 Å². The van der Waals surface area contributed by atoms with Gasteiger partial charge in [0.25, 0.3) is 11.8 Å². The number of hydrogen-bond acceptors (Lipinski definition) is 5. The average Bonchev–Trinajstić information content (AvgIpc) is 3.04. The van der Waals surface area contributed by atoms with E-state index >= 15 is 0 Å². The van der Waals surface area contributed by atoms with E-state index in [1.165, 1.54) is 24.0 Å². The normalized spacial score (nSPS) is 21.8. The minimum Gasteiger partial charge on any atom is -0.495 e. The number of methoxy groups -OCH3 is 1. The van der Waals surface area contributed by atoms with Crippen LogP contribution in [0.25, 0.3) is 6.08 Å². The topological polar surface area (TPSA) is 53.1 Å².